The molecule has 0 aromatic carbocycles. The van der Waals surface area contributed by atoms with Crippen molar-refractivity contribution in [3.63, 3.8) is 0 Å². The second-order valence-electron chi connectivity index (χ2n) is 4.17. The SMILES string of the molecule is CC1(Cl)CC=CC=C1c1cc(=O)cc(CI)o1. The summed E-state index contributed by atoms with van der Waals surface area (Å²) in [4.78, 5) is 11.1. The Morgan fingerprint density at radius 3 is 2.94 bits per heavy atom. The van der Waals surface area contributed by atoms with Gasteiger partial charge < -0.3 is 4.42 Å². The molecule has 1 aromatic rings. The first-order valence-corrected chi connectivity index (χ1v) is 7.20. The molecule has 0 bridgehead atoms. The monoisotopic (exact) mass is 362 g/mol. The average molecular weight is 363 g/mol. The van der Waals surface area contributed by atoms with Crippen LogP contribution in [0.25, 0.3) is 5.57 Å². The highest BCUT2D eigenvalue weighted by Crippen LogP contribution is 2.38. The molecule has 1 aliphatic carbocycles. The molecule has 0 radical (unpaired) electrons. The van der Waals surface area contributed by atoms with Gasteiger partial charge in [0.2, 0.25) is 0 Å². The van der Waals surface area contributed by atoms with Crippen LogP contribution in [0.1, 0.15) is 24.9 Å². The van der Waals surface area contributed by atoms with Gasteiger partial charge in [-0.1, -0.05) is 40.8 Å². The first-order chi connectivity index (χ1) is 8.03. The smallest absolute Gasteiger partial charge is 0.185 e. The first-order valence-electron chi connectivity index (χ1n) is 5.29. The van der Waals surface area contributed by atoms with Gasteiger partial charge in [0, 0.05) is 17.7 Å². The van der Waals surface area contributed by atoms with Gasteiger partial charge in [0.05, 0.1) is 9.30 Å². The number of allylic oxidation sites excluding steroid dienone is 4. The molecule has 1 heterocycles. The van der Waals surface area contributed by atoms with E-state index in [4.69, 9.17) is 16.0 Å². The fourth-order valence-corrected chi connectivity index (χ4v) is 2.43. The van der Waals surface area contributed by atoms with Gasteiger partial charge in [-0.05, 0) is 13.3 Å². The molecule has 0 N–H and O–H groups in total. The van der Waals surface area contributed by atoms with E-state index in [0.29, 0.717) is 15.9 Å². The van der Waals surface area contributed by atoms with Crippen molar-refractivity contribution in [1.82, 2.24) is 0 Å². The number of rotatable bonds is 2. The van der Waals surface area contributed by atoms with E-state index in [9.17, 15) is 4.79 Å². The summed E-state index contributed by atoms with van der Waals surface area (Å²) < 4.78 is 6.36. The van der Waals surface area contributed by atoms with Crippen LogP contribution >= 0.6 is 34.2 Å². The Kier molecular flexibility index (Phi) is 3.78. The van der Waals surface area contributed by atoms with Crippen molar-refractivity contribution in [3.05, 3.63) is 52.1 Å². The van der Waals surface area contributed by atoms with Crippen molar-refractivity contribution in [2.24, 2.45) is 0 Å². The molecule has 17 heavy (non-hydrogen) atoms. The van der Waals surface area contributed by atoms with Crippen molar-refractivity contribution in [1.29, 1.82) is 0 Å². The van der Waals surface area contributed by atoms with Gasteiger partial charge in [-0.2, -0.15) is 0 Å². The van der Waals surface area contributed by atoms with Gasteiger partial charge in [0.25, 0.3) is 0 Å². The van der Waals surface area contributed by atoms with E-state index >= 15 is 0 Å². The normalized spacial score (nSPS) is 23.6. The molecule has 0 saturated carbocycles. The number of hydrogen-bond acceptors (Lipinski definition) is 2. The van der Waals surface area contributed by atoms with E-state index in [0.717, 1.165) is 12.0 Å². The summed E-state index contributed by atoms with van der Waals surface area (Å²) in [5, 5.41) is 0. The largest absolute Gasteiger partial charge is 0.460 e. The fourth-order valence-electron chi connectivity index (χ4n) is 1.80. The lowest BCUT2D eigenvalue weighted by Crippen LogP contribution is -2.20. The predicted octanol–water partition coefficient (Wildman–Crippen LogP) is 3.92. The Morgan fingerprint density at radius 1 is 1.53 bits per heavy atom. The zero-order valence-electron chi connectivity index (χ0n) is 9.37. The van der Waals surface area contributed by atoms with E-state index in [1.807, 2.05) is 25.2 Å². The van der Waals surface area contributed by atoms with Gasteiger partial charge >= 0.3 is 0 Å². The first kappa shape index (κ1) is 12.9. The molecule has 0 fully saturated rings. The van der Waals surface area contributed by atoms with E-state index in [-0.39, 0.29) is 5.43 Å². The quantitative estimate of drug-likeness (QED) is 0.590. The van der Waals surface area contributed by atoms with E-state index in [2.05, 4.69) is 22.6 Å². The molecule has 1 atom stereocenters. The van der Waals surface area contributed by atoms with Gasteiger partial charge in [0.1, 0.15) is 11.5 Å². The standard InChI is InChI=1S/C13H12ClIO2/c1-13(14)5-3-2-4-11(13)12-7-9(16)6-10(8-15)17-12/h2-4,6-7H,5,8H2,1H3. The minimum Gasteiger partial charge on any atom is -0.460 e. The van der Waals surface area contributed by atoms with Crippen LogP contribution in [-0.2, 0) is 4.43 Å². The third kappa shape index (κ3) is 2.83. The molecule has 4 heteroatoms. The summed E-state index contributed by atoms with van der Waals surface area (Å²) in [5.74, 6) is 1.25. The highest BCUT2D eigenvalue weighted by molar-refractivity contribution is 14.1. The summed E-state index contributed by atoms with van der Waals surface area (Å²) >= 11 is 8.60. The van der Waals surface area contributed by atoms with Gasteiger partial charge in [-0.15, -0.1) is 11.6 Å². The van der Waals surface area contributed by atoms with Crippen molar-refractivity contribution in [2.45, 2.75) is 22.6 Å². The second-order valence-corrected chi connectivity index (χ2v) is 5.76. The van der Waals surface area contributed by atoms with E-state index in [1.165, 1.54) is 12.1 Å². The summed E-state index contributed by atoms with van der Waals surface area (Å²) in [6.07, 6.45) is 6.59. The molecular weight excluding hydrogens is 350 g/mol. The van der Waals surface area contributed by atoms with Crippen LogP contribution in [0.5, 0.6) is 0 Å². The Bertz CT molecular complexity index is 541. The highest BCUT2D eigenvalue weighted by Gasteiger charge is 2.29. The third-order valence-corrected chi connectivity index (χ3v) is 3.79. The highest BCUT2D eigenvalue weighted by atomic mass is 127. The average Bonchev–Trinajstić information content (AvgIpc) is 2.27. The molecule has 1 unspecified atom stereocenters. The molecule has 0 aliphatic heterocycles. The topological polar surface area (TPSA) is 30.2 Å². The lowest BCUT2D eigenvalue weighted by molar-refractivity contribution is 0.493. The van der Waals surface area contributed by atoms with Crippen molar-refractivity contribution in [3.8, 4) is 0 Å². The van der Waals surface area contributed by atoms with E-state index in [1.54, 1.807) is 0 Å². The van der Waals surface area contributed by atoms with E-state index < -0.39 is 4.87 Å². The Balaban J connectivity index is 2.53. The minimum absolute atomic E-state index is 0.0409. The van der Waals surface area contributed by atoms with Crippen LogP contribution in [0.4, 0.5) is 0 Å². The van der Waals surface area contributed by atoms with Gasteiger partial charge in [-0.3, -0.25) is 4.79 Å². The Hall–Kier alpha value is -0.550. The number of hydrogen-bond donors (Lipinski definition) is 0. The summed E-state index contributed by atoms with van der Waals surface area (Å²) in [6.45, 7) is 1.93. The second kappa shape index (κ2) is 4.98. The van der Waals surface area contributed by atoms with Crippen LogP contribution < -0.4 is 5.43 Å². The molecule has 0 amide bonds. The number of halogens is 2. The van der Waals surface area contributed by atoms with Crippen molar-refractivity contribution < 1.29 is 4.42 Å². The lowest BCUT2D eigenvalue weighted by atomic mass is 9.90. The molecule has 1 aromatic heterocycles. The summed E-state index contributed by atoms with van der Waals surface area (Å²) in [5.41, 5.74) is 0.825. The molecule has 90 valence electrons. The maximum Gasteiger partial charge on any atom is 0.185 e. The molecule has 2 rings (SSSR count). The lowest BCUT2D eigenvalue weighted by Gasteiger charge is -2.25. The summed E-state index contributed by atoms with van der Waals surface area (Å²) in [7, 11) is 0. The van der Waals surface area contributed by atoms with Crippen LogP contribution in [0.15, 0.2) is 39.6 Å². The van der Waals surface area contributed by atoms with Gasteiger partial charge in [-0.25, -0.2) is 0 Å². The Morgan fingerprint density at radius 2 is 2.29 bits per heavy atom. The molecule has 1 aliphatic rings. The molecule has 2 nitrogen and oxygen atoms in total. The maximum absolute atomic E-state index is 11.6. The van der Waals surface area contributed by atoms with Crippen LogP contribution in [0, 0.1) is 0 Å². The predicted molar refractivity (Wildman–Crippen MR) is 78.7 cm³/mol. The van der Waals surface area contributed by atoms with Crippen LogP contribution in [0.3, 0.4) is 0 Å². The minimum atomic E-state index is -0.505. The molecule has 0 saturated heterocycles. The third-order valence-electron chi connectivity index (χ3n) is 2.68. The fraction of sp³-hybridized carbons (Fsp3) is 0.308. The Labute approximate surface area is 118 Å². The van der Waals surface area contributed by atoms with Crippen molar-refractivity contribution >= 4 is 39.8 Å². The van der Waals surface area contributed by atoms with Gasteiger partial charge in [0.15, 0.2) is 5.43 Å². The zero-order valence-corrected chi connectivity index (χ0v) is 12.3. The van der Waals surface area contributed by atoms with Crippen LogP contribution in [0.2, 0.25) is 0 Å². The van der Waals surface area contributed by atoms with Crippen LogP contribution in [-0.4, -0.2) is 4.87 Å². The zero-order chi connectivity index (χ0) is 12.5. The van der Waals surface area contributed by atoms with Crippen molar-refractivity contribution in [2.75, 3.05) is 0 Å². The molecular formula is C13H12ClIO2. The summed E-state index contributed by atoms with van der Waals surface area (Å²) in [6, 6.07) is 3.02. The number of alkyl halides is 2. The maximum atomic E-state index is 11.6. The molecule has 0 spiro atoms.